The number of thioether (sulfide) groups is 1. The van der Waals surface area contributed by atoms with Crippen LogP contribution >= 0.6 is 11.8 Å². The minimum absolute atomic E-state index is 0.0335. The van der Waals surface area contributed by atoms with E-state index in [9.17, 15) is 14.0 Å². The number of halogens is 1. The predicted molar refractivity (Wildman–Crippen MR) is 134 cm³/mol. The molecule has 0 unspecified atom stereocenters. The van der Waals surface area contributed by atoms with E-state index in [4.69, 9.17) is 9.72 Å². The average molecular weight is 492 g/mol. The van der Waals surface area contributed by atoms with Crippen molar-refractivity contribution in [2.75, 3.05) is 12.4 Å². The molecule has 2 aliphatic rings. The normalized spacial score (nSPS) is 18.5. The van der Waals surface area contributed by atoms with Gasteiger partial charge in [-0.1, -0.05) is 49.9 Å². The number of ketones is 1. The topological polar surface area (TPSA) is 84.1 Å². The van der Waals surface area contributed by atoms with E-state index >= 15 is 0 Å². The van der Waals surface area contributed by atoms with E-state index in [-0.39, 0.29) is 22.6 Å². The highest BCUT2D eigenvalue weighted by atomic mass is 32.2. The van der Waals surface area contributed by atoms with Gasteiger partial charge in [0.05, 0.1) is 12.7 Å². The van der Waals surface area contributed by atoms with Crippen molar-refractivity contribution in [3.8, 4) is 5.75 Å². The van der Waals surface area contributed by atoms with Crippen LogP contribution in [0.4, 0.5) is 10.2 Å². The molecule has 5 rings (SSSR count). The van der Waals surface area contributed by atoms with Gasteiger partial charge in [0.2, 0.25) is 0 Å². The summed E-state index contributed by atoms with van der Waals surface area (Å²) in [6.07, 6.45) is 1.09. The summed E-state index contributed by atoms with van der Waals surface area (Å²) in [5.74, 6) is 0.747. The minimum atomic E-state index is -0.543. The van der Waals surface area contributed by atoms with Crippen LogP contribution in [0.1, 0.15) is 49.3 Å². The predicted octanol–water partition coefficient (Wildman–Crippen LogP) is 5.41. The highest BCUT2D eigenvalue weighted by Crippen LogP contribution is 2.48. The van der Waals surface area contributed by atoms with Crippen LogP contribution in [0.25, 0.3) is 0 Å². The molecule has 0 radical (unpaired) electrons. The van der Waals surface area contributed by atoms with Crippen LogP contribution in [0.5, 0.6) is 5.75 Å². The lowest BCUT2D eigenvalue weighted by Gasteiger charge is -2.38. The minimum Gasteiger partial charge on any atom is -0.497 e. The van der Waals surface area contributed by atoms with E-state index < -0.39 is 5.92 Å². The molecular formula is C27H26FN3O3S. The number of H-pyrrole nitrogens is 1. The highest BCUT2D eigenvalue weighted by molar-refractivity contribution is 7.98. The Morgan fingerprint density at radius 3 is 2.71 bits per heavy atom. The van der Waals surface area contributed by atoms with Gasteiger partial charge in [-0.3, -0.25) is 9.59 Å². The molecule has 1 aliphatic heterocycles. The van der Waals surface area contributed by atoms with Crippen LogP contribution in [0.2, 0.25) is 0 Å². The zero-order valence-corrected chi connectivity index (χ0v) is 20.6. The molecule has 1 aromatic heterocycles. The van der Waals surface area contributed by atoms with Gasteiger partial charge in [-0.25, -0.2) is 9.37 Å². The number of anilines is 1. The van der Waals surface area contributed by atoms with Gasteiger partial charge in [0.15, 0.2) is 10.9 Å². The molecule has 0 saturated heterocycles. The highest BCUT2D eigenvalue weighted by Gasteiger charge is 2.42. The second-order valence-electron chi connectivity index (χ2n) is 9.72. The van der Waals surface area contributed by atoms with E-state index in [1.165, 1.54) is 23.9 Å². The maximum absolute atomic E-state index is 13.6. The number of carbonyl (C=O) groups is 1. The summed E-state index contributed by atoms with van der Waals surface area (Å²) in [6, 6.07) is 13.8. The SMILES string of the molecule is COc1cccc([C@H]2C3=C(CC(C)(C)CC3=O)Nc3nc(SCc4cccc(F)c4)[nH]c(=O)c32)c1. The Balaban J connectivity index is 1.59. The number of aromatic amines is 1. The molecule has 3 aromatic rings. The number of aromatic nitrogens is 2. The lowest BCUT2D eigenvalue weighted by atomic mass is 9.69. The van der Waals surface area contributed by atoms with Gasteiger partial charge in [0.1, 0.15) is 17.4 Å². The Labute approximate surface area is 207 Å². The van der Waals surface area contributed by atoms with Crippen molar-refractivity contribution in [2.24, 2.45) is 5.41 Å². The summed E-state index contributed by atoms with van der Waals surface area (Å²) in [7, 11) is 1.59. The van der Waals surface area contributed by atoms with Crippen molar-refractivity contribution in [2.45, 2.75) is 43.5 Å². The molecule has 2 heterocycles. The Bertz CT molecular complexity index is 1410. The molecule has 0 spiro atoms. The van der Waals surface area contributed by atoms with E-state index in [1.54, 1.807) is 13.2 Å². The third-order valence-corrected chi connectivity index (χ3v) is 7.34. The fraction of sp³-hybridized carbons (Fsp3) is 0.296. The first-order valence-electron chi connectivity index (χ1n) is 11.4. The summed E-state index contributed by atoms with van der Waals surface area (Å²) >= 11 is 1.33. The van der Waals surface area contributed by atoms with E-state index in [0.29, 0.717) is 46.5 Å². The van der Waals surface area contributed by atoms with E-state index in [0.717, 1.165) is 16.8 Å². The van der Waals surface area contributed by atoms with Gasteiger partial charge in [0.25, 0.3) is 5.56 Å². The van der Waals surface area contributed by atoms with Crippen molar-refractivity contribution >= 4 is 23.4 Å². The molecule has 0 amide bonds. The van der Waals surface area contributed by atoms with E-state index in [1.807, 2.05) is 30.3 Å². The number of nitrogens with zero attached hydrogens (tertiary/aromatic N) is 1. The number of carbonyl (C=O) groups excluding carboxylic acids is 1. The smallest absolute Gasteiger partial charge is 0.257 e. The van der Waals surface area contributed by atoms with Crippen molar-refractivity contribution in [3.63, 3.8) is 0 Å². The molecule has 2 N–H and O–H groups in total. The number of nitrogens with one attached hydrogen (secondary N) is 2. The van der Waals surface area contributed by atoms with Crippen molar-refractivity contribution in [1.29, 1.82) is 0 Å². The molecule has 1 aliphatic carbocycles. The Morgan fingerprint density at radius 2 is 1.94 bits per heavy atom. The standard InChI is InChI=1S/C27H26FN3O3S/c1-27(2)12-19-22(20(32)13-27)21(16-7-5-9-18(11-16)34-3)23-24(29-19)30-26(31-25(23)33)35-14-15-6-4-8-17(28)10-15/h4-11,21H,12-14H2,1-3H3,(H2,29,30,31,33)/t21-/m0/s1. The van der Waals surface area contributed by atoms with Crippen LogP contribution in [-0.4, -0.2) is 22.9 Å². The second-order valence-corrected chi connectivity index (χ2v) is 10.7. The largest absolute Gasteiger partial charge is 0.497 e. The molecule has 0 bridgehead atoms. The summed E-state index contributed by atoms with van der Waals surface area (Å²) < 4.78 is 19.0. The van der Waals surface area contributed by atoms with Gasteiger partial charge >= 0.3 is 0 Å². The number of hydrogen-bond acceptors (Lipinski definition) is 6. The van der Waals surface area contributed by atoms with Crippen LogP contribution in [-0.2, 0) is 10.5 Å². The number of hydrogen-bond donors (Lipinski definition) is 2. The molecule has 2 aromatic carbocycles. The lowest BCUT2D eigenvalue weighted by molar-refractivity contribution is -0.118. The first kappa shape index (κ1) is 23.4. The van der Waals surface area contributed by atoms with Gasteiger partial charge in [-0.05, 0) is 47.2 Å². The van der Waals surface area contributed by atoms with Gasteiger partial charge in [-0.2, -0.15) is 0 Å². The molecular weight excluding hydrogens is 465 g/mol. The van der Waals surface area contributed by atoms with Crippen LogP contribution in [0.15, 0.2) is 69.8 Å². The van der Waals surface area contributed by atoms with Crippen molar-refractivity contribution < 1.29 is 13.9 Å². The van der Waals surface area contributed by atoms with Gasteiger partial charge < -0.3 is 15.0 Å². The molecule has 0 fully saturated rings. The molecule has 1 atom stereocenters. The summed E-state index contributed by atoms with van der Waals surface area (Å²) in [6.45, 7) is 4.13. The summed E-state index contributed by atoms with van der Waals surface area (Å²) in [4.78, 5) is 34.4. The third kappa shape index (κ3) is 4.62. The quantitative estimate of drug-likeness (QED) is 0.367. The summed E-state index contributed by atoms with van der Waals surface area (Å²) in [5.41, 5.74) is 2.95. The molecule has 35 heavy (non-hydrogen) atoms. The number of Topliss-reactive ketones (excluding diaryl/α,β-unsaturated/α-hetero) is 1. The zero-order valence-electron chi connectivity index (χ0n) is 19.8. The number of rotatable bonds is 5. The van der Waals surface area contributed by atoms with Crippen LogP contribution in [0, 0.1) is 11.2 Å². The third-order valence-electron chi connectivity index (χ3n) is 6.39. The fourth-order valence-electron chi connectivity index (χ4n) is 4.89. The van der Waals surface area contributed by atoms with Crippen LogP contribution in [0.3, 0.4) is 0 Å². The number of benzene rings is 2. The molecule has 0 saturated carbocycles. The Morgan fingerprint density at radius 1 is 1.14 bits per heavy atom. The molecule has 6 nitrogen and oxygen atoms in total. The molecule has 8 heteroatoms. The number of allylic oxidation sites excluding steroid dienone is 2. The van der Waals surface area contributed by atoms with Gasteiger partial charge in [0, 0.05) is 29.4 Å². The maximum Gasteiger partial charge on any atom is 0.257 e. The van der Waals surface area contributed by atoms with Crippen LogP contribution < -0.4 is 15.6 Å². The summed E-state index contributed by atoms with van der Waals surface area (Å²) in [5, 5.41) is 3.76. The Hall–Kier alpha value is -3.39. The average Bonchev–Trinajstić information content (AvgIpc) is 2.80. The van der Waals surface area contributed by atoms with Gasteiger partial charge in [-0.15, -0.1) is 0 Å². The first-order valence-corrected chi connectivity index (χ1v) is 12.4. The number of fused-ring (bicyclic) bond motifs is 1. The monoisotopic (exact) mass is 491 g/mol. The maximum atomic E-state index is 13.6. The first-order chi connectivity index (χ1) is 16.7. The fourth-order valence-corrected chi connectivity index (χ4v) is 5.70. The molecule has 180 valence electrons. The van der Waals surface area contributed by atoms with Crippen molar-refractivity contribution in [1.82, 2.24) is 9.97 Å². The number of methoxy groups -OCH3 is 1. The second kappa shape index (κ2) is 9.00. The lowest BCUT2D eigenvalue weighted by Crippen LogP contribution is -2.37. The zero-order chi connectivity index (χ0) is 24.7. The van der Waals surface area contributed by atoms with Crippen molar-refractivity contribution in [3.05, 3.63) is 92.7 Å². The Kier molecular flexibility index (Phi) is 6.01. The van der Waals surface area contributed by atoms with E-state index in [2.05, 4.69) is 24.1 Å². The number of ether oxygens (including phenoxy) is 1.